The minimum absolute atomic E-state index is 0.0456. The predicted molar refractivity (Wildman–Crippen MR) is 91.1 cm³/mol. The quantitative estimate of drug-likeness (QED) is 0.393. The highest BCUT2D eigenvalue weighted by atomic mass is 32.2. The van der Waals surface area contributed by atoms with Crippen LogP contribution >= 0.6 is 11.8 Å². The Morgan fingerprint density at radius 3 is 2.91 bits per heavy atom. The van der Waals surface area contributed by atoms with E-state index in [0.717, 1.165) is 44.3 Å². The fourth-order valence-electron chi connectivity index (χ4n) is 3.09. The van der Waals surface area contributed by atoms with Gasteiger partial charge in [-0.1, -0.05) is 12.8 Å². The summed E-state index contributed by atoms with van der Waals surface area (Å²) in [6, 6.07) is 0.485. The third-order valence-corrected chi connectivity index (χ3v) is 5.87. The van der Waals surface area contributed by atoms with Crippen molar-refractivity contribution in [2.45, 2.75) is 68.7 Å². The summed E-state index contributed by atoms with van der Waals surface area (Å²) >= 11 is 1.91. The molecule has 2 fully saturated rings. The number of carbonyl (C=O) groups is 2. The molecule has 2 aliphatic heterocycles. The SMILES string of the molecule is O=[C]CCCCCNC(=O)CCCCC1SCC2NC(=O)NC21. The van der Waals surface area contributed by atoms with E-state index < -0.39 is 0 Å². The molecular weight excluding hydrogens is 314 g/mol. The largest absolute Gasteiger partial charge is 0.356 e. The molecule has 2 aliphatic rings. The highest BCUT2D eigenvalue weighted by Gasteiger charge is 2.42. The van der Waals surface area contributed by atoms with Gasteiger partial charge in [-0.25, -0.2) is 4.79 Å². The summed E-state index contributed by atoms with van der Waals surface area (Å²) < 4.78 is 0. The van der Waals surface area contributed by atoms with Crippen molar-refractivity contribution in [3.05, 3.63) is 0 Å². The number of nitrogens with one attached hydrogen (secondary N) is 3. The summed E-state index contributed by atoms with van der Waals surface area (Å²) in [6.07, 6.45) is 8.61. The molecule has 0 aliphatic carbocycles. The number of hydrogen-bond acceptors (Lipinski definition) is 4. The van der Waals surface area contributed by atoms with Crippen LogP contribution in [0.25, 0.3) is 0 Å². The van der Waals surface area contributed by atoms with Crippen LogP contribution in [-0.2, 0) is 9.59 Å². The van der Waals surface area contributed by atoms with Crippen molar-refractivity contribution in [3.8, 4) is 0 Å². The topological polar surface area (TPSA) is 87.3 Å². The Bertz CT molecular complexity index is 419. The molecule has 2 rings (SSSR count). The van der Waals surface area contributed by atoms with Crippen molar-refractivity contribution < 1.29 is 14.4 Å². The smallest absolute Gasteiger partial charge is 0.315 e. The Balaban J connectivity index is 1.46. The number of unbranched alkanes of at least 4 members (excludes halogenated alkanes) is 4. The van der Waals surface area contributed by atoms with Crippen LogP contribution in [0.15, 0.2) is 0 Å². The molecule has 0 aromatic heterocycles. The lowest BCUT2D eigenvalue weighted by Crippen LogP contribution is -2.36. The molecule has 129 valence electrons. The second-order valence-corrected chi connectivity index (χ2v) is 7.44. The number of fused-ring (bicyclic) bond motifs is 1. The van der Waals surface area contributed by atoms with Gasteiger partial charge in [0.2, 0.25) is 5.91 Å². The fraction of sp³-hybridized carbons (Fsp3) is 0.812. The summed E-state index contributed by atoms with van der Waals surface area (Å²) in [4.78, 5) is 33.1. The van der Waals surface area contributed by atoms with Gasteiger partial charge in [0, 0.05) is 30.4 Å². The van der Waals surface area contributed by atoms with Crippen molar-refractivity contribution in [2.24, 2.45) is 0 Å². The van der Waals surface area contributed by atoms with Crippen molar-refractivity contribution in [1.82, 2.24) is 16.0 Å². The van der Waals surface area contributed by atoms with Crippen LogP contribution in [0.1, 0.15) is 51.4 Å². The van der Waals surface area contributed by atoms with Crippen LogP contribution in [0.5, 0.6) is 0 Å². The first-order valence-corrected chi connectivity index (χ1v) is 9.56. The fourth-order valence-corrected chi connectivity index (χ4v) is 4.63. The van der Waals surface area contributed by atoms with Gasteiger partial charge in [-0.05, 0) is 25.7 Å². The molecular formula is C16H26N3O3S. The van der Waals surface area contributed by atoms with Crippen molar-refractivity contribution in [1.29, 1.82) is 0 Å². The first kappa shape index (κ1) is 18.1. The Kier molecular flexibility index (Phi) is 7.71. The summed E-state index contributed by atoms with van der Waals surface area (Å²) in [6.45, 7) is 0.692. The molecule has 3 atom stereocenters. The van der Waals surface area contributed by atoms with Crippen LogP contribution in [0.3, 0.4) is 0 Å². The van der Waals surface area contributed by atoms with Gasteiger partial charge >= 0.3 is 6.03 Å². The van der Waals surface area contributed by atoms with Crippen LogP contribution in [0.4, 0.5) is 4.79 Å². The third kappa shape index (κ3) is 6.05. The zero-order chi connectivity index (χ0) is 16.5. The van der Waals surface area contributed by atoms with E-state index >= 15 is 0 Å². The molecule has 0 bridgehead atoms. The van der Waals surface area contributed by atoms with Gasteiger partial charge in [-0.2, -0.15) is 11.8 Å². The van der Waals surface area contributed by atoms with Gasteiger partial charge in [-0.15, -0.1) is 0 Å². The molecule has 3 N–H and O–H groups in total. The Hall–Kier alpha value is -1.24. The number of thioether (sulfide) groups is 1. The van der Waals surface area contributed by atoms with Gasteiger partial charge in [0.25, 0.3) is 0 Å². The summed E-state index contributed by atoms with van der Waals surface area (Å²) in [5, 5.41) is 9.32. The first-order chi connectivity index (χ1) is 11.2. The van der Waals surface area contributed by atoms with Gasteiger partial charge < -0.3 is 16.0 Å². The molecule has 3 amide bonds. The minimum Gasteiger partial charge on any atom is -0.356 e. The molecule has 23 heavy (non-hydrogen) atoms. The molecule has 0 aromatic carbocycles. The summed E-state index contributed by atoms with van der Waals surface area (Å²) in [5.74, 6) is 1.09. The average molecular weight is 340 g/mol. The molecule has 2 heterocycles. The Morgan fingerprint density at radius 1 is 1.22 bits per heavy atom. The maximum Gasteiger partial charge on any atom is 0.315 e. The number of amides is 3. The minimum atomic E-state index is -0.0456. The van der Waals surface area contributed by atoms with Crippen LogP contribution < -0.4 is 16.0 Å². The van der Waals surface area contributed by atoms with E-state index in [2.05, 4.69) is 16.0 Å². The predicted octanol–water partition coefficient (Wildman–Crippen LogP) is 1.50. The lowest BCUT2D eigenvalue weighted by molar-refractivity contribution is -0.121. The van der Waals surface area contributed by atoms with Crippen LogP contribution in [0, 0.1) is 0 Å². The monoisotopic (exact) mass is 340 g/mol. The lowest BCUT2D eigenvalue weighted by Gasteiger charge is -2.16. The molecule has 1 radical (unpaired) electrons. The van der Waals surface area contributed by atoms with E-state index in [9.17, 15) is 14.4 Å². The summed E-state index contributed by atoms with van der Waals surface area (Å²) in [5.41, 5.74) is 0. The highest BCUT2D eigenvalue weighted by molar-refractivity contribution is 8.00. The summed E-state index contributed by atoms with van der Waals surface area (Å²) in [7, 11) is 0. The molecule has 3 unspecified atom stereocenters. The second kappa shape index (κ2) is 9.80. The van der Waals surface area contributed by atoms with Gasteiger partial charge in [0.1, 0.15) is 0 Å². The van der Waals surface area contributed by atoms with Crippen molar-refractivity contribution in [2.75, 3.05) is 12.3 Å². The highest BCUT2D eigenvalue weighted by Crippen LogP contribution is 2.33. The molecule has 0 saturated carbocycles. The van der Waals surface area contributed by atoms with E-state index in [1.807, 2.05) is 18.0 Å². The van der Waals surface area contributed by atoms with E-state index in [1.165, 1.54) is 0 Å². The maximum absolute atomic E-state index is 11.7. The van der Waals surface area contributed by atoms with E-state index in [-0.39, 0.29) is 24.0 Å². The lowest BCUT2D eigenvalue weighted by atomic mass is 10.0. The van der Waals surface area contributed by atoms with Crippen molar-refractivity contribution >= 4 is 30.0 Å². The zero-order valence-electron chi connectivity index (χ0n) is 13.4. The number of urea groups is 1. The maximum atomic E-state index is 11.7. The average Bonchev–Trinajstić information content (AvgIpc) is 3.07. The number of hydrogen-bond donors (Lipinski definition) is 3. The zero-order valence-corrected chi connectivity index (χ0v) is 14.3. The standard InChI is InChI=1S/C16H26N3O3S/c20-10-6-2-1-5-9-17-14(21)8-4-3-7-13-15-12(11-23-13)18-16(22)19-15/h12-13,15H,1-9,11H2,(H,17,21)(H2,18,19,22). The molecule has 0 spiro atoms. The van der Waals surface area contributed by atoms with E-state index in [1.54, 1.807) is 0 Å². The molecule has 0 aromatic rings. The van der Waals surface area contributed by atoms with Gasteiger partial charge in [0.05, 0.1) is 12.1 Å². The van der Waals surface area contributed by atoms with Crippen LogP contribution in [0.2, 0.25) is 0 Å². The first-order valence-electron chi connectivity index (χ1n) is 8.51. The molecule has 2 saturated heterocycles. The van der Waals surface area contributed by atoms with E-state index in [0.29, 0.717) is 24.6 Å². The second-order valence-electron chi connectivity index (χ2n) is 6.17. The number of rotatable bonds is 11. The van der Waals surface area contributed by atoms with Gasteiger partial charge in [-0.3, -0.25) is 9.59 Å². The Morgan fingerprint density at radius 2 is 2.09 bits per heavy atom. The molecule has 7 heteroatoms. The van der Waals surface area contributed by atoms with Crippen molar-refractivity contribution in [3.63, 3.8) is 0 Å². The third-order valence-electron chi connectivity index (χ3n) is 4.36. The molecule has 6 nitrogen and oxygen atoms in total. The van der Waals surface area contributed by atoms with E-state index in [4.69, 9.17) is 0 Å². The van der Waals surface area contributed by atoms with Crippen LogP contribution in [-0.4, -0.2) is 47.9 Å². The number of carbonyl (C=O) groups excluding carboxylic acids is 3. The normalized spacial score (nSPS) is 25.6. The Labute approximate surface area is 141 Å². The van der Waals surface area contributed by atoms with Gasteiger partial charge in [0.15, 0.2) is 6.29 Å².